The molecule has 0 aromatic rings. The fourth-order valence-corrected chi connectivity index (χ4v) is 3.05. The molecule has 0 aromatic heterocycles. The van der Waals surface area contributed by atoms with Gasteiger partial charge in [0.1, 0.15) is 18.6 Å². The van der Waals surface area contributed by atoms with Crippen molar-refractivity contribution in [1.82, 2.24) is 16.0 Å². The molecule has 28 heavy (non-hydrogen) atoms. The molecule has 0 aromatic carbocycles. The zero-order valence-electron chi connectivity index (χ0n) is 16.3. The molecule has 0 saturated heterocycles. The largest absolute Gasteiger partial charge is 0.480 e. The molecule has 0 radical (unpaired) electrons. The van der Waals surface area contributed by atoms with Crippen molar-refractivity contribution < 1.29 is 29.4 Å². The number of thioether (sulfide) groups is 2. The Labute approximate surface area is 173 Å². The van der Waals surface area contributed by atoms with Crippen LogP contribution in [-0.4, -0.2) is 88.7 Å². The van der Waals surface area contributed by atoms with Gasteiger partial charge in [-0.25, -0.2) is 0 Å². The van der Waals surface area contributed by atoms with Crippen LogP contribution in [0.3, 0.4) is 0 Å². The van der Waals surface area contributed by atoms with Crippen LogP contribution in [-0.2, 0) is 19.2 Å². The summed E-state index contributed by atoms with van der Waals surface area (Å²) in [5.74, 6) is -1.95. The third-order valence-electron chi connectivity index (χ3n) is 3.69. The number of hydrogen-bond donors (Lipinski definition) is 6. The molecule has 4 unspecified atom stereocenters. The fourth-order valence-electron chi connectivity index (χ4n) is 2.09. The van der Waals surface area contributed by atoms with Gasteiger partial charge in [0.25, 0.3) is 0 Å². The lowest BCUT2D eigenvalue weighted by Crippen LogP contribution is -2.58. The Morgan fingerprint density at radius 3 is 2.04 bits per heavy atom. The zero-order chi connectivity index (χ0) is 21.7. The SMILES string of the molecule is CSCCC(N)C(=O)NC(CCSC)C(=O)NC(C(=O)NCC(=O)O)C(C)O. The highest BCUT2D eigenvalue weighted by molar-refractivity contribution is 7.98. The molecule has 7 N–H and O–H groups in total. The van der Waals surface area contributed by atoms with Crippen LogP contribution >= 0.6 is 23.5 Å². The maximum absolute atomic E-state index is 12.6. The summed E-state index contributed by atoms with van der Waals surface area (Å²) in [5.41, 5.74) is 5.82. The highest BCUT2D eigenvalue weighted by atomic mass is 32.2. The smallest absolute Gasteiger partial charge is 0.322 e. The van der Waals surface area contributed by atoms with Crippen molar-refractivity contribution in [3.63, 3.8) is 0 Å². The number of amides is 3. The van der Waals surface area contributed by atoms with Crippen molar-refractivity contribution in [1.29, 1.82) is 0 Å². The van der Waals surface area contributed by atoms with E-state index in [4.69, 9.17) is 10.8 Å². The lowest BCUT2D eigenvalue weighted by Gasteiger charge is -2.25. The van der Waals surface area contributed by atoms with Gasteiger partial charge in [-0.1, -0.05) is 0 Å². The Bertz CT molecular complexity index is 535. The average Bonchev–Trinajstić information content (AvgIpc) is 2.64. The summed E-state index contributed by atoms with van der Waals surface area (Å²) >= 11 is 3.03. The minimum Gasteiger partial charge on any atom is -0.480 e. The molecular formula is C16H30N4O6S2. The minimum absolute atomic E-state index is 0.303. The Morgan fingerprint density at radius 1 is 0.964 bits per heavy atom. The number of nitrogens with two attached hydrogens (primary N) is 1. The summed E-state index contributed by atoms with van der Waals surface area (Å²) < 4.78 is 0. The van der Waals surface area contributed by atoms with Gasteiger partial charge in [0.2, 0.25) is 17.7 Å². The first-order valence-corrected chi connectivity index (χ1v) is 11.4. The van der Waals surface area contributed by atoms with Crippen LogP contribution in [0.4, 0.5) is 0 Å². The molecule has 0 rings (SSSR count). The highest BCUT2D eigenvalue weighted by Gasteiger charge is 2.30. The van der Waals surface area contributed by atoms with E-state index < -0.39 is 54.5 Å². The molecule has 0 heterocycles. The number of aliphatic carboxylic acids is 1. The zero-order valence-corrected chi connectivity index (χ0v) is 17.9. The number of aliphatic hydroxyl groups excluding tert-OH is 1. The molecule has 0 fully saturated rings. The van der Waals surface area contributed by atoms with Gasteiger partial charge in [-0.3, -0.25) is 19.2 Å². The maximum atomic E-state index is 12.6. The topological polar surface area (TPSA) is 171 Å². The molecule has 162 valence electrons. The summed E-state index contributed by atoms with van der Waals surface area (Å²) in [4.78, 5) is 47.4. The van der Waals surface area contributed by atoms with Gasteiger partial charge in [0.15, 0.2) is 0 Å². The van der Waals surface area contributed by atoms with E-state index in [-0.39, 0.29) is 0 Å². The van der Waals surface area contributed by atoms with E-state index in [0.717, 1.165) is 0 Å². The second kappa shape index (κ2) is 14.5. The van der Waals surface area contributed by atoms with Gasteiger partial charge >= 0.3 is 5.97 Å². The third kappa shape index (κ3) is 10.7. The van der Waals surface area contributed by atoms with Gasteiger partial charge in [0, 0.05) is 0 Å². The number of carboxylic acids is 1. The third-order valence-corrected chi connectivity index (χ3v) is 4.98. The molecule has 0 spiro atoms. The number of nitrogens with one attached hydrogen (secondary N) is 3. The molecule has 10 nitrogen and oxygen atoms in total. The number of aliphatic hydroxyl groups is 1. The van der Waals surface area contributed by atoms with Crippen LogP contribution < -0.4 is 21.7 Å². The maximum Gasteiger partial charge on any atom is 0.322 e. The van der Waals surface area contributed by atoms with Crippen molar-refractivity contribution in [2.45, 2.75) is 44.0 Å². The van der Waals surface area contributed by atoms with Crippen molar-refractivity contribution in [3.05, 3.63) is 0 Å². The Hall–Kier alpha value is -1.50. The molecule has 12 heteroatoms. The summed E-state index contributed by atoms with van der Waals surface area (Å²) in [6, 6.07) is -3.05. The van der Waals surface area contributed by atoms with E-state index in [0.29, 0.717) is 24.3 Å². The number of rotatable bonds is 14. The van der Waals surface area contributed by atoms with E-state index >= 15 is 0 Å². The summed E-state index contributed by atoms with van der Waals surface area (Å²) in [6.07, 6.45) is 3.23. The molecule has 0 saturated carbocycles. The molecule has 0 aliphatic heterocycles. The van der Waals surface area contributed by atoms with E-state index in [2.05, 4.69) is 16.0 Å². The van der Waals surface area contributed by atoms with E-state index in [1.807, 2.05) is 12.5 Å². The monoisotopic (exact) mass is 438 g/mol. The van der Waals surface area contributed by atoms with Crippen molar-refractivity contribution >= 4 is 47.2 Å². The first kappa shape index (κ1) is 26.5. The number of carboxylic acid groups (broad SMARTS) is 1. The lowest BCUT2D eigenvalue weighted by molar-refractivity contribution is -0.139. The molecule has 4 atom stereocenters. The first-order chi connectivity index (χ1) is 13.1. The standard InChI is InChI=1S/C16H30N4O6S2/c1-9(21)13(16(26)18-8-12(22)23)20-15(25)11(5-7-28-3)19-14(24)10(17)4-6-27-2/h9-11,13,21H,4-8,17H2,1-3H3,(H,18,26)(H,19,24)(H,20,25)(H,22,23). The number of carbonyl (C=O) groups is 4. The normalized spacial score (nSPS) is 15.0. The number of hydrogen-bond acceptors (Lipinski definition) is 8. The lowest BCUT2D eigenvalue weighted by atomic mass is 10.1. The molecule has 0 aliphatic rings. The first-order valence-electron chi connectivity index (χ1n) is 8.65. The van der Waals surface area contributed by atoms with Crippen molar-refractivity contribution in [2.75, 3.05) is 30.6 Å². The second-order valence-electron chi connectivity index (χ2n) is 6.07. The second-order valence-corrected chi connectivity index (χ2v) is 8.04. The highest BCUT2D eigenvalue weighted by Crippen LogP contribution is 2.05. The van der Waals surface area contributed by atoms with Crippen LogP contribution in [0.15, 0.2) is 0 Å². The van der Waals surface area contributed by atoms with Crippen molar-refractivity contribution in [3.8, 4) is 0 Å². The van der Waals surface area contributed by atoms with E-state index in [9.17, 15) is 24.3 Å². The van der Waals surface area contributed by atoms with E-state index in [1.54, 1.807) is 11.8 Å². The van der Waals surface area contributed by atoms with Crippen LogP contribution in [0, 0.1) is 0 Å². The van der Waals surface area contributed by atoms with Crippen LogP contribution in [0.2, 0.25) is 0 Å². The predicted octanol–water partition coefficient (Wildman–Crippen LogP) is -1.63. The summed E-state index contributed by atoms with van der Waals surface area (Å²) in [5, 5.41) is 25.5. The minimum atomic E-state index is -1.36. The average molecular weight is 439 g/mol. The Kier molecular flexibility index (Phi) is 13.7. The molecule has 0 bridgehead atoms. The van der Waals surface area contributed by atoms with Crippen LogP contribution in [0.5, 0.6) is 0 Å². The summed E-state index contributed by atoms with van der Waals surface area (Å²) in [6.45, 7) is 0.647. The van der Waals surface area contributed by atoms with Crippen molar-refractivity contribution in [2.24, 2.45) is 5.73 Å². The Balaban J connectivity index is 5.06. The quantitative estimate of drug-likeness (QED) is 0.186. The van der Waals surface area contributed by atoms with Gasteiger partial charge in [-0.05, 0) is 43.8 Å². The van der Waals surface area contributed by atoms with Gasteiger partial charge < -0.3 is 31.9 Å². The van der Waals surface area contributed by atoms with Gasteiger partial charge in [-0.2, -0.15) is 23.5 Å². The van der Waals surface area contributed by atoms with E-state index in [1.165, 1.54) is 18.7 Å². The predicted molar refractivity (Wildman–Crippen MR) is 110 cm³/mol. The Morgan fingerprint density at radius 2 is 1.54 bits per heavy atom. The summed E-state index contributed by atoms with van der Waals surface area (Å²) in [7, 11) is 0. The fraction of sp³-hybridized carbons (Fsp3) is 0.750. The van der Waals surface area contributed by atoms with Gasteiger partial charge in [-0.15, -0.1) is 0 Å². The van der Waals surface area contributed by atoms with Crippen LogP contribution in [0.1, 0.15) is 19.8 Å². The van der Waals surface area contributed by atoms with Crippen LogP contribution in [0.25, 0.3) is 0 Å². The molecule has 0 aliphatic carbocycles. The van der Waals surface area contributed by atoms with Gasteiger partial charge in [0.05, 0.1) is 12.1 Å². The molecule has 3 amide bonds. The number of carbonyl (C=O) groups excluding carboxylic acids is 3. The molecular weight excluding hydrogens is 408 g/mol.